The van der Waals surface area contributed by atoms with Crippen molar-refractivity contribution < 1.29 is 14.7 Å². The van der Waals surface area contributed by atoms with E-state index in [9.17, 15) is 9.59 Å². The van der Waals surface area contributed by atoms with Gasteiger partial charge < -0.3 is 15.7 Å². The number of amides is 1. The Bertz CT molecular complexity index is 321. The number of carbonyl (C=O) groups excluding carboxylic acids is 1. The summed E-state index contributed by atoms with van der Waals surface area (Å²) in [5.41, 5.74) is 0. The summed E-state index contributed by atoms with van der Waals surface area (Å²) in [6.45, 7) is 0.884. The number of carboxylic acids is 1. The van der Waals surface area contributed by atoms with Crippen LogP contribution in [0.2, 0.25) is 0 Å². The van der Waals surface area contributed by atoms with E-state index >= 15 is 0 Å². The zero-order valence-corrected chi connectivity index (χ0v) is 10.3. The Balaban J connectivity index is 2.36. The molecule has 0 aromatic heterocycles. The zero-order valence-electron chi connectivity index (χ0n) is 9.44. The van der Waals surface area contributed by atoms with Crippen LogP contribution in [-0.4, -0.2) is 47.1 Å². The van der Waals surface area contributed by atoms with Gasteiger partial charge in [-0.15, -0.1) is 12.3 Å². The minimum atomic E-state index is -1.10. The molecule has 2 atom stereocenters. The van der Waals surface area contributed by atoms with Crippen molar-refractivity contribution in [2.45, 2.75) is 24.9 Å². The van der Waals surface area contributed by atoms with Crippen LogP contribution in [0.4, 0.5) is 0 Å². The maximum absolute atomic E-state index is 11.6. The first-order chi connectivity index (χ1) is 8.13. The molecule has 0 aromatic carbocycles. The number of thioether (sulfide) groups is 1. The van der Waals surface area contributed by atoms with Crippen LogP contribution in [0.15, 0.2) is 0 Å². The summed E-state index contributed by atoms with van der Waals surface area (Å²) in [6, 6.07) is -0.863. The molecule has 0 saturated carbocycles. The summed E-state index contributed by atoms with van der Waals surface area (Å²) in [4.78, 5) is 22.4. The van der Waals surface area contributed by atoms with E-state index in [0.29, 0.717) is 6.42 Å². The molecule has 1 amide bonds. The smallest absolute Gasteiger partial charge is 0.327 e. The van der Waals surface area contributed by atoms with Gasteiger partial charge in [0.2, 0.25) is 5.91 Å². The first-order valence-electron chi connectivity index (χ1n) is 5.40. The molecule has 5 nitrogen and oxygen atoms in total. The molecule has 94 valence electrons. The normalized spacial score (nSPS) is 21.2. The van der Waals surface area contributed by atoms with Crippen LogP contribution in [-0.2, 0) is 9.59 Å². The molecule has 6 heteroatoms. The number of nitrogens with one attached hydrogen (secondary N) is 2. The van der Waals surface area contributed by atoms with Gasteiger partial charge in [-0.25, -0.2) is 4.79 Å². The summed E-state index contributed by atoms with van der Waals surface area (Å²) in [6.07, 6.45) is 5.35. The molecule has 1 aliphatic rings. The Hall–Kier alpha value is -1.19. The maximum Gasteiger partial charge on any atom is 0.327 e. The second kappa shape index (κ2) is 7.20. The number of aliphatic carboxylic acids is 1. The first kappa shape index (κ1) is 13.9. The van der Waals surface area contributed by atoms with E-state index < -0.39 is 12.0 Å². The van der Waals surface area contributed by atoms with Gasteiger partial charge in [0.05, 0.1) is 0 Å². The quantitative estimate of drug-likeness (QED) is 0.587. The van der Waals surface area contributed by atoms with Gasteiger partial charge in [0.25, 0.3) is 0 Å². The fourth-order valence-electron chi connectivity index (χ4n) is 1.55. The second-order valence-corrected chi connectivity index (χ2v) is 4.95. The van der Waals surface area contributed by atoms with Crippen molar-refractivity contribution in [3.05, 3.63) is 0 Å². The Kier molecular flexibility index (Phi) is 5.87. The van der Waals surface area contributed by atoms with Gasteiger partial charge in [-0.2, -0.15) is 11.8 Å². The second-order valence-electron chi connectivity index (χ2n) is 3.80. The highest BCUT2D eigenvalue weighted by molar-refractivity contribution is 7.99. The topological polar surface area (TPSA) is 78.4 Å². The molecule has 1 rings (SSSR count). The first-order valence-corrected chi connectivity index (χ1v) is 6.55. The molecule has 17 heavy (non-hydrogen) atoms. The minimum Gasteiger partial charge on any atom is -0.480 e. The van der Waals surface area contributed by atoms with E-state index in [1.807, 2.05) is 0 Å². The predicted molar refractivity (Wildman–Crippen MR) is 66.7 cm³/mol. The number of hydrogen-bond acceptors (Lipinski definition) is 4. The molecular weight excluding hydrogens is 240 g/mol. The van der Waals surface area contributed by atoms with Crippen molar-refractivity contribution >= 4 is 23.6 Å². The Morgan fingerprint density at radius 3 is 2.94 bits per heavy atom. The van der Waals surface area contributed by atoms with Crippen LogP contribution in [0.3, 0.4) is 0 Å². The van der Waals surface area contributed by atoms with Gasteiger partial charge in [-0.1, -0.05) is 0 Å². The van der Waals surface area contributed by atoms with Crippen molar-refractivity contribution in [3.63, 3.8) is 0 Å². The van der Waals surface area contributed by atoms with Crippen LogP contribution < -0.4 is 10.6 Å². The molecule has 0 aromatic rings. The lowest BCUT2D eigenvalue weighted by Gasteiger charge is -2.23. The van der Waals surface area contributed by atoms with Crippen LogP contribution in [0.1, 0.15) is 12.8 Å². The van der Waals surface area contributed by atoms with E-state index in [2.05, 4.69) is 16.6 Å². The van der Waals surface area contributed by atoms with E-state index in [4.69, 9.17) is 11.5 Å². The minimum absolute atomic E-state index is 0.00786. The standard InChI is InChI=1S/C11H16N2O3S/c1-2-3-9(11(15)16)13-10(14)6-8-7-17-5-4-12-8/h1,8-9,12H,3-7H2,(H,13,14)(H,15,16). The average Bonchev–Trinajstić information content (AvgIpc) is 2.29. The lowest BCUT2D eigenvalue weighted by atomic mass is 10.1. The van der Waals surface area contributed by atoms with Crippen molar-refractivity contribution in [1.82, 2.24) is 10.6 Å². The number of hydrogen-bond donors (Lipinski definition) is 3. The van der Waals surface area contributed by atoms with Gasteiger partial charge >= 0.3 is 5.97 Å². The van der Waals surface area contributed by atoms with E-state index in [1.165, 1.54) is 0 Å². The SMILES string of the molecule is C#CCC(NC(=O)CC1CSCCN1)C(=O)O. The molecule has 0 aliphatic carbocycles. The molecule has 2 unspecified atom stereocenters. The van der Waals surface area contributed by atoms with Gasteiger partial charge in [0.1, 0.15) is 6.04 Å². The molecule has 0 bridgehead atoms. The number of terminal acetylenes is 1. The van der Waals surface area contributed by atoms with Crippen molar-refractivity contribution in [2.75, 3.05) is 18.1 Å². The van der Waals surface area contributed by atoms with E-state index in [1.54, 1.807) is 11.8 Å². The number of carboxylic acid groups (broad SMARTS) is 1. The summed E-state index contributed by atoms with van der Waals surface area (Å²) >= 11 is 1.79. The lowest BCUT2D eigenvalue weighted by molar-refractivity contribution is -0.141. The van der Waals surface area contributed by atoms with Crippen molar-refractivity contribution in [1.29, 1.82) is 0 Å². The van der Waals surface area contributed by atoms with Crippen LogP contribution in [0.25, 0.3) is 0 Å². The van der Waals surface area contributed by atoms with Crippen molar-refractivity contribution in [2.24, 2.45) is 0 Å². The largest absolute Gasteiger partial charge is 0.480 e. The highest BCUT2D eigenvalue weighted by atomic mass is 32.2. The summed E-state index contributed by atoms with van der Waals surface area (Å²) in [7, 11) is 0. The van der Waals surface area contributed by atoms with Crippen molar-refractivity contribution in [3.8, 4) is 12.3 Å². The summed E-state index contributed by atoms with van der Waals surface area (Å²) < 4.78 is 0. The zero-order chi connectivity index (χ0) is 12.7. The highest BCUT2D eigenvalue weighted by Gasteiger charge is 2.22. The van der Waals surface area contributed by atoms with E-state index in [-0.39, 0.29) is 18.4 Å². The molecule has 1 heterocycles. The number of rotatable bonds is 5. The Morgan fingerprint density at radius 2 is 2.41 bits per heavy atom. The van der Waals surface area contributed by atoms with E-state index in [0.717, 1.165) is 18.1 Å². The Morgan fingerprint density at radius 1 is 1.65 bits per heavy atom. The molecule has 3 N–H and O–H groups in total. The highest BCUT2D eigenvalue weighted by Crippen LogP contribution is 2.10. The van der Waals surface area contributed by atoms with Crippen LogP contribution in [0, 0.1) is 12.3 Å². The van der Waals surface area contributed by atoms with Gasteiger partial charge in [0, 0.05) is 36.9 Å². The predicted octanol–water partition coefficient (Wildman–Crippen LogP) is -0.326. The molecule has 1 aliphatic heterocycles. The fraction of sp³-hybridized carbons (Fsp3) is 0.636. The van der Waals surface area contributed by atoms with Gasteiger partial charge in [0.15, 0.2) is 0 Å². The lowest BCUT2D eigenvalue weighted by Crippen LogP contribution is -2.45. The number of carbonyl (C=O) groups is 2. The Labute approximate surface area is 105 Å². The summed E-state index contributed by atoms with van der Waals surface area (Å²) in [5, 5.41) is 14.5. The average molecular weight is 256 g/mol. The van der Waals surface area contributed by atoms with Gasteiger partial charge in [-0.3, -0.25) is 4.79 Å². The van der Waals surface area contributed by atoms with Crippen LogP contribution in [0.5, 0.6) is 0 Å². The third-order valence-electron chi connectivity index (χ3n) is 2.39. The third-order valence-corrected chi connectivity index (χ3v) is 3.52. The third kappa shape index (κ3) is 5.11. The monoisotopic (exact) mass is 256 g/mol. The molecule has 1 fully saturated rings. The maximum atomic E-state index is 11.6. The molecule has 0 radical (unpaired) electrons. The van der Waals surface area contributed by atoms with Crippen LogP contribution >= 0.6 is 11.8 Å². The fourth-order valence-corrected chi connectivity index (χ4v) is 2.49. The molecular formula is C11H16N2O3S. The summed E-state index contributed by atoms with van der Waals surface area (Å²) in [5.74, 6) is 2.80. The molecule has 1 saturated heterocycles. The van der Waals surface area contributed by atoms with Gasteiger partial charge in [-0.05, 0) is 0 Å². The molecule has 0 spiro atoms.